The Morgan fingerprint density at radius 1 is 0.853 bits per heavy atom. The molecule has 2 aromatic carbocycles. The fourth-order valence-electron chi connectivity index (χ4n) is 3.87. The summed E-state index contributed by atoms with van der Waals surface area (Å²) in [7, 11) is 2.30. The zero-order valence-electron chi connectivity index (χ0n) is 19.7. The van der Waals surface area contributed by atoms with E-state index < -0.39 is 40.5 Å². The molecule has 0 saturated heterocycles. The van der Waals surface area contributed by atoms with Crippen LogP contribution in [0.3, 0.4) is 0 Å². The molecule has 2 aliphatic heterocycles. The molecule has 0 aliphatic carbocycles. The number of ether oxygens (including phenoxy) is 4. The highest BCUT2D eigenvalue weighted by molar-refractivity contribution is 5.91. The summed E-state index contributed by atoms with van der Waals surface area (Å²) in [6.45, 7) is 7.21. The first-order chi connectivity index (χ1) is 15.7. The van der Waals surface area contributed by atoms with Crippen molar-refractivity contribution in [3.63, 3.8) is 0 Å². The van der Waals surface area contributed by atoms with Gasteiger partial charge in [0, 0.05) is 24.0 Å². The van der Waals surface area contributed by atoms with Crippen LogP contribution in [0.25, 0.3) is 0 Å². The minimum Gasteiger partial charge on any atom is -0.507 e. The van der Waals surface area contributed by atoms with Crippen molar-refractivity contribution in [2.24, 2.45) is 0 Å². The average Bonchev–Trinajstić information content (AvgIpc) is 3.27. The third-order valence-corrected chi connectivity index (χ3v) is 5.38. The predicted octanol–water partition coefficient (Wildman–Crippen LogP) is 4.06. The lowest BCUT2D eigenvalue weighted by molar-refractivity contribution is 0.0584. The third-order valence-electron chi connectivity index (χ3n) is 5.38. The van der Waals surface area contributed by atoms with Crippen molar-refractivity contribution in [3.8, 4) is 23.0 Å². The molecule has 2 aromatic rings. The van der Waals surface area contributed by atoms with Crippen molar-refractivity contribution in [1.82, 2.24) is 0 Å². The second-order valence-corrected chi connectivity index (χ2v) is 9.19. The zero-order valence-corrected chi connectivity index (χ0v) is 19.7. The Morgan fingerprint density at radius 2 is 1.35 bits per heavy atom. The van der Waals surface area contributed by atoms with E-state index in [9.17, 15) is 28.6 Å². The maximum Gasteiger partial charge on any atom is 0.341 e. The van der Waals surface area contributed by atoms with Crippen molar-refractivity contribution >= 4 is 11.9 Å². The molecule has 0 bridgehead atoms. The summed E-state index contributed by atoms with van der Waals surface area (Å²) in [6, 6.07) is 2.34. The van der Waals surface area contributed by atoms with Crippen molar-refractivity contribution in [2.75, 3.05) is 14.2 Å². The van der Waals surface area contributed by atoms with E-state index in [0.717, 1.165) is 20.3 Å². The molecule has 8 nitrogen and oxygen atoms in total. The molecule has 2 N–H and O–H groups in total. The molecule has 0 radical (unpaired) electrons. The number of fused-ring (bicyclic) bond motifs is 2. The maximum atomic E-state index is 14.0. The van der Waals surface area contributed by atoms with Gasteiger partial charge in [-0.05, 0) is 39.8 Å². The van der Waals surface area contributed by atoms with Gasteiger partial charge in [0.2, 0.25) is 0 Å². The first-order valence-corrected chi connectivity index (χ1v) is 10.3. The Morgan fingerprint density at radius 3 is 1.91 bits per heavy atom. The van der Waals surface area contributed by atoms with E-state index in [-0.39, 0.29) is 22.6 Å². The fraction of sp³-hybridized carbons (Fsp3) is 0.417. The number of hydrogen-bond acceptors (Lipinski definition) is 8. The Kier molecular flexibility index (Phi) is 6.38. The number of carbonyl (C=O) groups excluding carboxylic acids is 2. The van der Waals surface area contributed by atoms with Gasteiger partial charge in [-0.1, -0.05) is 0 Å². The van der Waals surface area contributed by atoms with Gasteiger partial charge in [-0.15, -0.1) is 0 Å². The van der Waals surface area contributed by atoms with Gasteiger partial charge in [-0.25, -0.2) is 18.4 Å². The molecule has 0 saturated carbocycles. The molecule has 0 amide bonds. The molecular formula is C24H26F2O8. The van der Waals surface area contributed by atoms with Crippen molar-refractivity contribution in [1.29, 1.82) is 0 Å². The Balaban J connectivity index is 0.000000191. The van der Waals surface area contributed by atoms with Crippen LogP contribution in [-0.4, -0.2) is 47.6 Å². The maximum absolute atomic E-state index is 14.0. The van der Waals surface area contributed by atoms with Gasteiger partial charge in [-0.2, -0.15) is 0 Å². The van der Waals surface area contributed by atoms with Crippen LogP contribution in [0.4, 0.5) is 8.78 Å². The number of carbonyl (C=O) groups is 2. The topological polar surface area (TPSA) is 112 Å². The van der Waals surface area contributed by atoms with E-state index in [1.807, 2.05) is 13.8 Å². The third kappa shape index (κ3) is 4.57. The van der Waals surface area contributed by atoms with E-state index in [1.54, 1.807) is 13.8 Å². The summed E-state index contributed by atoms with van der Waals surface area (Å²) in [6.07, 6.45) is 0.791. The summed E-state index contributed by atoms with van der Waals surface area (Å²) < 4.78 is 47.5. The summed E-state index contributed by atoms with van der Waals surface area (Å²) >= 11 is 0. The van der Waals surface area contributed by atoms with Crippen LogP contribution in [0.2, 0.25) is 0 Å². The highest BCUT2D eigenvalue weighted by Crippen LogP contribution is 2.44. The van der Waals surface area contributed by atoms with Crippen LogP contribution in [0.5, 0.6) is 23.0 Å². The van der Waals surface area contributed by atoms with Crippen LogP contribution >= 0.6 is 0 Å². The number of phenolic OH excluding ortho intramolecular Hbond substituents is 2. The van der Waals surface area contributed by atoms with Crippen molar-refractivity contribution in [2.45, 2.75) is 51.7 Å². The first-order valence-electron chi connectivity index (χ1n) is 10.3. The minimum absolute atomic E-state index is 0.0598. The van der Waals surface area contributed by atoms with Gasteiger partial charge >= 0.3 is 11.9 Å². The number of phenols is 2. The summed E-state index contributed by atoms with van der Waals surface area (Å²) in [4.78, 5) is 22.6. The van der Waals surface area contributed by atoms with Gasteiger partial charge in [0.15, 0.2) is 23.1 Å². The first kappa shape index (κ1) is 25.1. The van der Waals surface area contributed by atoms with E-state index in [4.69, 9.17) is 9.47 Å². The molecule has 184 valence electrons. The lowest BCUT2D eigenvalue weighted by Crippen LogP contribution is -2.25. The highest BCUT2D eigenvalue weighted by Gasteiger charge is 2.37. The van der Waals surface area contributed by atoms with Crippen LogP contribution in [0.15, 0.2) is 12.1 Å². The standard InChI is InChI=1S/2C12H13FO4/c1-12(2)5-7-8(17-12)4-6(11(15)16-3)9(13)10(7)14;1-12(2)5-7-8(14)4-6(11(15)16-3)9(13)10(7)17-12/h2*4,14H,5H2,1-3H3. The lowest BCUT2D eigenvalue weighted by atomic mass is 9.99. The molecule has 10 heteroatoms. The van der Waals surface area contributed by atoms with Crippen LogP contribution in [0, 0.1) is 11.6 Å². The lowest BCUT2D eigenvalue weighted by Gasteiger charge is -2.17. The molecule has 2 aliphatic rings. The normalized spacial score (nSPS) is 16.2. The van der Waals surface area contributed by atoms with Crippen LogP contribution in [0.1, 0.15) is 59.5 Å². The van der Waals surface area contributed by atoms with Crippen molar-refractivity contribution in [3.05, 3.63) is 46.0 Å². The Bertz CT molecular complexity index is 1160. The van der Waals surface area contributed by atoms with Crippen LogP contribution in [-0.2, 0) is 22.3 Å². The summed E-state index contributed by atoms with van der Waals surface area (Å²) in [5, 5.41) is 19.5. The largest absolute Gasteiger partial charge is 0.507 e. The minimum atomic E-state index is -0.961. The molecule has 0 aromatic heterocycles. The molecule has 0 fully saturated rings. The molecular weight excluding hydrogens is 454 g/mol. The van der Waals surface area contributed by atoms with E-state index >= 15 is 0 Å². The number of aromatic hydroxyl groups is 2. The molecule has 34 heavy (non-hydrogen) atoms. The van der Waals surface area contributed by atoms with Gasteiger partial charge < -0.3 is 29.2 Å². The smallest absolute Gasteiger partial charge is 0.341 e. The van der Waals surface area contributed by atoms with E-state index in [0.29, 0.717) is 29.7 Å². The highest BCUT2D eigenvalue weighted by atomic mass is 19.1. The van der Waals surface area contributed by atoms with Gasteiger partial charge in [-0.3, -0.25) is 0 Å². The summed E-state index contributed by atoms with van der Waals surface area (Å²) in [5.41, 5.74) is -0.959. The molecule has 0 atom stereocenters. The number of halogens is 2. The zero-order chi connectivity index (χ0) is 25.6. The quantitative estimate of drug-likeness (QED) is 0.619. The predicted molar refractivity (Wildman–Crippen MR) is 116 cm³/mol. The number of methoxy groups -OCH3 is 2. The van der Waals surface area contributed by atoms with E-state index in [1.165, 1.54) is 6.07 Å². The van der Waals surface area contributed by atoms with Crippen molar-refractivity contribution < 1.29 is 47.5 Å². The molecule has 0 unspecified atom stereocenters. The second-order valence-electron chi connectivity index (χ2n) is 9.19. The van der Waals surface area contributed by atoms with Gasteiger partial charge in [0.25, 0.3) is 0 Å². The summed E-state index contributed by atoms with van der Waals surface area (Å²) in [5.74, 6) is -3.83. The van der Waals surface area contributed by atoms with Gasteiger partial charge in [0.05, 0.1) is 14.2 Å². The number of esters is 2. The molecule has 4 rings (SSSR count). The second kappa shape index (κ2) is 8.66. The monoisotopic (exact) mass is 480 g/mol. The number of hydrogen-bond donors (Lipinski definition) is 2. The van der Waals surface area contributed by atoms with Gasteiger partial charge in [0.1, 0.15) is 33.8 Å². The molecule has 0 spiro atoms. The fourth-order valence-corrected chi connectivity index (χ4v) is 3.87. The Labute approximate surface area is 195 Å². The number of benzene rings is 2. The number of rotatable bonds is 2. The van der Waals surface area contributed by atoms with E-state index in [2.05, 4.69) is 9.47 Å². The Hall–Kier alpha value is -3.56. The van der Waals surface area contributed by atoms with Crippen LogP contribution < -0.4 is 9.47 Å². The molecule has 2 heterocycles. The average molecular weight is 480 g/mol. The SMILES string of the molecule is COC(=O)c1cc(O)c2c(c1F)OC(C)(C)C2.COC(=O)c1cc2c(c(O)c1F)CC(C)(C)O2.